The van der Waals surface area contributed by atoms with Crippen molar-refractivity contribution in [1.29, 1.82) is 0 Å². The smallest absolute Gasteiger partial charge is 0.267 e. The Labute approximate surface area is 168 Å². The van der Waals surface area contributed by atoms with Gasteiger partial charge in [-0.2, -0.15) is 5.10 Å². The van der Waals surface area contributed by atoms with Crippen LogP contribution in [0, 0.1) is 11.7 Å². The van der Waals surface area contributed by atoms with Crippen molar-refractivity contribution in [2.45, 2.75) is 30.7 Å². The van der Waals surface area contributed by atoms with Crippen LogP contribution in [0.4, 0.5) is 4.39 Å². The van der Waals surface area contributed by atoms with Crippen LogP contribution >= 0.6 is 0 Å². The summed E-state index contributed by atoms with van der Waals surface area (Å²) in [7, 11) is -3.32. The molecule has 1 fully saturated rings. The standard InChI is InChI=1S/C22H21FN2O3S/c1-29(27,28)19-11-7-16(8-12-19)20-13-24-25(14-15-3-2-4-15)22(26)21(20)17-5-9-18(23)10-6-17/h5-13,15H,2-4,14H2,1H3. The van der Waals surface area contributed by atoms with Gasteiger partial charge in [0, 0.05) is 18.4 Å². The quantitative estimate of drug-likeness (QED) is 0.637. The topological polar surface area (TPSA) is 69.0 Å². The summed E-state index contributed by atoms with van der Waals surface area (Å²) >= 11 is 0. The van der Waals surface area contributed by atoms with E-state index in [-0.39, 0.29) is 16.3 Å². The Morgan fingerprint density at radius 1 is 1.03 bits per heavy atom. The van der Waals surface area contributed by atoms with Crippen molar-refractivity contribution in [1.82, 2.24) is 9.78 Å². The summed E-state index contributed by atoms with van der Waals surface area (Å²) in [5.41, 5.74) is 2.08. The number of aromatic nitrogens is 2. The Balaban J connectivity index is 1.85. The van der Waals surface area contributed by atoms with Crippen molar-refractivity contribution >= 4 is 9.84 Å². The van der Waals surface area contributed by atoms with E-state index >= 15 is 0 Å². The molecule has 1 saturated carbocycles. The van der Waals surface area contributed by atoms with Gasteiger partial charge in [-0.3, -0.25) is 4.79 Å². The summed E-state index contributed by atoms with van der Waals surface area (Å²) in [6.07, 6.45) is 6.14. The fraction of sp³-hybridized carbons (Fsp3) is 0.273. The average molecular weight is 412 g/mol. The van der Waals surface area contributed by atoms with Crippen LogP contribution in [0.2, 0.25) is 0 Å². The second-order valence-corrected chi connectivity index (χ2v) is 9.54. The molecule has 0 radical (unpaired) electrons. The number of sulfone groups is 1. The molecule has 150 valence electrons. The first-order valence-corrected chi connectivity index (χ1v) is 11.4. The molecule has 0 unspecified atom stereocenters. The van der Waals surface area contributed by atoms with Crippen molar-refractivity contribution in [2.24, 2.45) is 5.92 Å². The van der Waals surface area contributed by atoms with Crippen molar-refractivity contribution in [3.63, 3.8) is 0 Å². The number of hydrogen-bond acceptors (Lipinski definition) is 4. The van der Waals surface area contributed by atoms with Gasteiger partial charge in [-0.1, -0.05) is 30.7 Å². The highest BCUT2D eigenvalue weighted by Crippen LogP contribution is 2.31. The molecule has 29 heavy (non-hydrogen) atoms. The zero-order chi connectivity index (χ0) is 20.6. The third-order valence-corrected chi connectivity index (χ3v) is 6.55. The Morgan fingerprint density at radius 2 is 1.66 bits per heavy atom. The van der Waals surface area contributed by atoms with E-state index in [4.69, 9.17) is 0 Å². The van der Waals surface area contributed by atoms with Gasteiger partial charge >= 0.3 is 0 Å². The summed E-state index contributed by atoms with van der Waals surface area (Å²) in [5, 5.41) is 4.36. The van der Waals surface area contributed by atoms with E-state index in [0.29, 0.717) is 34.7 Å². The molecule has 1 aliphatic rings. The lowest BCUT2D eigenvalue weighted by Gasteiger charge is -2.25. The van der Waals surface area contributed by atoms with Crippen molar-refractivity contribution < 1.29 is 12.8 Å². The van der Waals surface area contributed by atoms with E-state index in [1.165, 1.54) is 35.4 Å². The van der Waals surface area contributed by atoms with Crippen LogP contribution in [0.3, 0.4) is 0 Å². The third kappa shape index (κ3) is 4.00. The molecule has 3 aromatic rings. The van der Waals surface area contributed by atoms with Gasteiger partial charge in [-0.05, 0) is 54.2 Å². The Morgan fingerprint density at radius 3 is 2.21 bits per heavy atom. The molecule has 1 heterocycles. The number of benzene rings is 2. The fourth-order valence-corrected chi connectivity index (χ4v) is 4.17. The van der Waals surface area contributed by atoms with Crippen molar-refractivity contribution in [3.05, 3.63) is 70.9 Å². The average Bonchev–Trinajstić information content (AvgIpc) is 2.66. The molecule has 0 aliphatic heterocycles. The van der Waals surface area contributed by atoms with Gasteiger partial charge < -0.3 is 0 Å². The zero-order valence-corrected chi connectivity index (χ0v) is 16.8. The Bertz CT molecular complexity index is 1200. The minimum absolute atomic E-state index is 0.205. The van der Waals surface area contributed by atoms with E-state index < -0.39 is 9.84 Å². The fourth-order valence-electron chi connectivity index (χ4n) is 3.53. The van der Waals surface area contributed by atoms with Crippen molar-refractivity contribution in [3.8, 4) is 22.3 Å². The van der Waals surface area contributed by atoms with Gasteiger partial charge in [0.2, 0.25) is 0 Å². The first kappa shape index (κ1) is 19.5. The molecule has 1 aliphatic carbocycles. The molecule has 5 nitrogen and oxygen atoms in total. The van der Waals surface area contributed by atoms with Crippen LogP contribution in [-0.2, 0) is 16.4 Å². The maximum atomic E-state index is 13.4. The minimum atomic E-state index is -3.32. The Kier molecular flexibility index (Phi) is 5.08. The number of halogens is 1. The first-order valence-electron chi connectivity index (χ1n) is 9.49. The molecule has 4 rings (SSSR count). The van der Waals surface area contributed by atoms with Crippen LogP contribution in [0.5, 0.6) is 0 Å². The van der Waals surface area contributed by atoms with Crippen LogP contribution in [0.1, 0.15) is 19.3 Å². The van der Waals surface area contributed by atoms with E-state index in [0.717, 1.165) is 19.1 Å². The molecular formula is C22H21FN2O3S. The summed E-state index contributed by atoms with van der Waals surface area (Å²) in [5.74, 6) is 0.0813. The van der Waals surface area contributed by atoms with Crippen LogP contribution in [-0.4, -0.2) is 24.5 Å². The predicted molar refractivity (Wildman–Crippen MR) is 110 cm³/mol. The highest BCUT2D eigenvalue weighted by atomic mass is 32.2. The monoisotopic (exact) mass is 412 g/mol. The lowest BCUT2D eigenvalue weighted by Crippen LogP contribution is -2.30. The predicted octanol–water partition coefficient (Wildman–Crippen LogP) is 3.92. The van der Waals surface area contributed by atoms with Crippen molar-refractivity contribution in [2.75, 3.05) is 6.26 Å². The van der Waals surface area contributed by atoms with Gasteiger partial charge in [0.1, 0.15) is 5.82 Å². The summed E-state index contributed by atoms with van der Waals surface area (Å²) in [6, 6.07) is 12.1. The number of hydrogen-bond donors (Lipinski definition) is 0. The van der Waals surface area contributed by atoms with Gasteiger partial charge in [0.15, 0.2) is 9.84 Å². The molecule has 0 N–H and O–H groups in total. The molecule has 7 heteroatoms. The summed E-state index contributed by atoms with van der Waals surface area (Å²) < 4.78 is 38.4. The largest absolute Gasteiger partial charge is 0.275 e. The second-order valence-electron chi connectivity index (χ2n) is 7.52. The van der Waals surface area contributed by atoms with E-state index in [9.17, 15) is 17.6 Å². The SMILES string of the molecule is CS(=O)(=O)c1ccc(-c2cnn(CC3CCC3)c(=O)c2-c2ccc(F)cc2)cc1. The molecule has 0 bridgehead atoms. The van der Waals surface area contributed by atoms with Crippen LogP contribution in [0.15, 0.2) is 64.4 Å². The molecule has 0 atom stereocenters. The summed E-state index contributed by atoms with van der Waals surface area (Å²) in [6.45, 7) is 0.570. The number of rotatable bonds is 5. The minimum Gasteiger partial charge on any atom is -0.267 e. The molecular weight excluding hydrogens is 391 g/mol. The van der Waals surface area contributed by atoms with Gasteiger partial charge in [0.25, 0.3) is 5.56 Å². The van der Waals surface area contributed by atoms with E-state index in [1.807, 2.05) is 0 Å². The highest BCUT2D eigenvalue weighted by Gasteiger charge is 2.21. The molecule has 0 saturated heterocycles. The molecule has 1 aromatic heterocycles. The van der Waals surface area contributed by atoms with Gasteiger partial charge in [-0.15, -0.1) is 0 Å². The van der Waals surface area contributed by atoms with E-state index in [1.54, 1.807) is 30.5 Å². The Hall–Kier alpha value is -2.80. The maximum absolute atomic E-state index is 13.4. The summed E-state index contributed by atoms with van der Waals surface area (Å²) in [4.78, 5) is 13.5. The van der Waals surface area contributed by atoms with Crippen LogP contribution in [0.25, 0.3) is 22.3 Å². The van der Waals surface area contributed by atoms with E-state index in [2.05, 4.69) is 5.10 Å². The van der Waals surface area contributed by atoms with Gasteiger partial charge in [-0.25, -0.2) is 17.5 Å². The highest BCUT2D eigenvalue weighted by molar-refractivity contribution is 7.90. The second kappa shape index (κ2) is 7.55. The third-order valence-electron chi connectivity index (χ3n) is 5.43. The molecule has 2 aromatic carbocycles. The normalized spacial score (nSPS) is 14.6. The molecule has 0 spiro atoms. The maximum Gasteiger partial charge on any atom is 0.275 e. The number of nitrogens with zero attached hydrogens (tertiary/aromatic N) is 2. The van der Waals surface area contributed by atoms with Crippen LogP contribution < -0.4 is 5.56 Å². The van der Waals surface area contributed by atoms with Gasteiger partial charge in [0.05, 0.1) is 16.7 Å². The first-order chi connectivity index (χ1) is 13.8. The lowest BCUT2D eigenvalue weighted by atomic mass is 9.85. The lowest BCUT2D eigenvalue weighted by molar-refractivity contribution is 0.262. The zero-order valence-electron chi connectivity index (χ0n) is 16.0. The molecule has 0 amide bonds.